The van der Waals surface area contributed by atoms with Crippen molar-refractivity contribution in [2.24, 2.45) is 0 Å². The number of benzene rings is 1. The zero-order chi connectivity index (χ0) is 22.1. The fraction of sp³-hybridized carbons (Fsp3) is 0.333. The average molecular weight is 454 g/mol. The number of morpholine rings is 1. The Hall–Kier alpha value is -2.94. The highest BCUT2D eigenvalue weighted by molar-refractivity contribution is 7.10. The standard InChI is InChI=1S/C24H24N2O5S/c27-22(18-15-16-5-1-2-6-17(16)31-18)20-21(19-7-3-14-32-19)26(24(29)23(20)28)9-4-8-25-10-12-30-13-11-25/h1-3,5-7,14-15,21,28H,4,8-13H2/p+1/t21-/m0/s1. The largest absolute Gasteiger partial charge is 0.503 e. The second kappa shape index (κ2) is 8.90. The maximum Gasteiger partial charge on any atom is 0.290 e. The van der Waals surface area contributed by atoms with Gasteiger partial charge in [0.1, 0.15) is 18.7 Å². The van der Waals surface area contributed by atoms with E-state index in [1.165, 1.54) is 16.2 Å². The summed E-state index contributed by atoms with van der Waals surface area (Å²) in [6.45, 7) is 4.82. The number of quaternary nitrogens is 1. The first-order valence-electron chi connectivity index (χ1n) is 10.9. The Morgan fingerprint density at radius 2 is 2.00 bits per heavy atom. The van der Waals surface area contributed by atoms with Crippen LogP contribution >= 0.6 is 11.3 Å². The van der Waals surface area contributed by atoms with E-state index in [0.717, 1.165) is 49.5 Å². The molecule has 0 aliphatic carbocycles. The Kier molecular flexibility index (Phi) is 5.82. The number of thiophene rings is 1. The number of hydrogen-bond donors (Lipinski definition) is 2. The topological polar surface area (TPSA) is 84.4 Å². The maximum atomic E-state index is 13.4. The van der Waals surface area contributed by atoms with Crippen LogP contribution < -0.4 is 4.90 Å². The van der Waals surface area contributed by atoms with Crippen LogP contribution in [0.3, 0.4) is 0 Å². The number of ether oxygens (including phenoxy) is 1. The van der Waals surface area contributed by atoms with Gasteiger partial charge in [0.25, 0.3) is 5.91 Å². The van der Waals surface area contributed by atoms with Crippen molar-refractivity contribution in [3.63, 3.8) is 0 Å². The average Bonchev–Trinajstić information content (AvgIpc) is 3.54. The van der Waals surface area contributed by atoms with Gasteiger partial charge in [-0.1, -0.05) is 24.3 Å². The summed E-state index contributed by atoms with van der Waals surface area (Å²) in [6.07, 6.45) is 0.780. The molecule has 1 aromatic carbocycles. The monoisotopic (exact) mass is 453 g/mol. The van der Waals surface area contributed by atoms with Crippen LogP contribution in [0.2, 0.25) is 0 Å². The molecule has 5 rings (SSSR count). The van der Waals surface area contributed by atoms with Crippen molar-refractivity contribution in [1.82, 2.24) is 4.90 Å². The molecule has 2 N–H and O–H groups in total. The summed E-state index contributed by atoms with van der Waals surface area (Å²) in [5, 5.41) is 13.5. The molecule has 7 nitrogen and oxygen atoms in total. The SMILES string of the molecule is O=C(C1=C(O)C(=O)N(CCC[NH+]2CCOCC2)[C@H]1c1cccs1)c1cc2ccccc2o1. The van der Waals surface area contributed by atoms with Crippen LogP contribution in [0, 0.1) is 0 Å². The van der Waals surface area contributed by atoms with Gasteiger partial charge in [0.15, 0.2) is 11.5 Å². The van der Waals surface area contributed by atoms with Gasteiger partial charge in [-0.15, -0.1) is 11.3 Å². The summed E-state index contributed by atoms with van der Waals surface area (Å²) in [7, 11) is 0. The van der Waals surface area contributed by atoms with Crippen molar-refractivity contribution in [3.05, 3.63) is 69.8 Å². The summed E-state index contributed by atoms with van der Waals surface area (Å²) in [5.74, 6) is -1.30. The van der Waals surface area contributed by atoms with Gasteiger partial charge in [-0.25, -0.2) is 0 Å². The molecule has 8 heteroatoms. The van der Waals surface area contributed by atoms with E-state index in [9.17, 15) is 14.7 Å². The molecule has 0 unspecified atom stereocenters. The number of carbonyl (C=O) groups excluding carboxylic acids is 2. The smallest absolute Gasteiger partial charge is 0.290 e. The van der Waals surface area contributed by atoms with Crippen LogP contribution in [-0.4, -0.2) is 61.1 Å². The van der Waals surface area contributed by atoms with Crippen LogP contribution in [0.25, 0.3) is 11.0 Å². The third kappa shape index (κ3) is 3.85. The lowest BCUT2D eigenvalue weighted by Gasteiger charge is -2.27. The second-order valence-corrected chi connectivity index (χ2v) is 9.10. The number of Topliss-reactive ketones (excluding diaryl/α,β-unsaturated/α-hetero) is 1. The zero-order valence-electron chi connectivity index (χ0n) is 17.6. The number of ketones is 1. The lowest BCUT2D eigenvalue weighted by Crippen LogP contribution is -3.14. The van der Waals surface area contributed by atoms with Crippen LogP contribution in [0.4, 0.5) is 0 Å². The van der Waals surface area contributed by atoms with Crippen molar-refractivity contribution >= 4 is 34.0 Å². The molecule has 1 fully saturated rings. The molecule has 166 valence electrons. The number of carbonyl (C=O) groups is 2. The number of para-hydroxylation sites is 1. The first kappa shape index (κ1) is 20.9. The highest BCUT2D eigenvalue weighted by Gasteiger charge is 2.44. The van der Waals surface area contributed by atoms with Gasteiger partial charge >= 0.3 is 0 Å². The summed E-state index contributed by atoms with van der Waals surface area (Å²) < 4.78 is 11.2. The Morgan fingerprint density at radius 1 is 1.19 bits per heavy atom. The molecule has 0 saturated carbocycles. The third-order valence-corrected chi connectivity index (χ3v) is 7.06. The van der Waals surface area contributed by atoms with Gasteiger partial charge < -0.3 is 24.1 Å². The Bertz CT molecular complexity index is 1130. The van der Waals surface area contributed by atoms with E-state index >= 15 is 0 Å². The fourth-order valence-corrected chi connectivity index (χ4v) is 5.34. The molecule has 3 aromatic rings. The molecule has 32 heavy (non-hydrogen) atoms. The van der Waals surface area contributed by atoms with E-state index in [4.69, 9.17) is 9.15 Å². The van der Waals surface area contributed by atoms with Gasteiger partial charge in [0, 0.05) is 23.2 Å². The van der Waals surface area contributed by atoms with Gasteiger partial charge in [-0.05, 0) is 23.6 Å². The highest BCUT2D eigenvalue weighted by Crippen LogP contribution is 2.41. The number of nitrogens with one attached hydrogen (secondary N) is 1. The molecule has 2 aromatic heterocycles. The third-order valence-electron chi connectivity index (χ3n) is 6.14. The lowest BCUT2D eigenvalue weighted by molar-refractivity contribution is -0.908. The molecule has 2 aliphatic heterocycles. The summed E-state index contributed by atoms with van der Waals surface area (Å²) >= 11 is 1.47. The normalized spacial score (nSPS) is 19.9. The molecule has 0 spiro atoms. The van der Waals surface area contributed by atoms with Crippen molar-refractivity contribution < 1.29 is 28.7 Å². The quantitative estimate of drug-likeness (QED) is 0.537. The summed E-state index contributed by atoms with van der Waals surface area (Å²) in [5.41, 5.74) is 0.688. The first-order valence-corrected chi connectivity index (χ1v) is 11.7. The number of fused-ring (bicyclic) bond motifs is 1. The van der Waals surface area contributed by atoms with E-state index in [0.29, 0.717) is 12.1 Å². The Labute approximate surface area is 189 Å². The lowest BCUT2D eigenvalue weighted by atomic mass is 10.00. The predicted molar refractivity (Wildman–Crippen MR) is 120 cm³/mol. The predicted octanol–water partition coefficient (Wildman–Crippen LogP) is 2.38. The van der Waals surface area contributed by atoms with Gasteiger partial charge in [-0.2, -0.15) is 0 Å². The van der Waals surface area contributed by atoms with Gasteiger partial charge in [-0.3, -0.25) is 9.59 Å². The van der Waals surface area contributed by atoms with E-state index < -0.39 is 23.5 Å². The van der Waals surface area contributed by atoms with Gasteiger partial charge in [0.05, 0.1) is 31.4 Å². The number of amides is 1. The number of aliphatic hydroxyl groups excluding tert-OH is 1. The maximum absolute atomic E-state index is 13.4. The molecular weight excluding hydrogens is 428 g/mol. The molecular formula is C24H25N2O5S+. The minimum atomic E-state index is -0.608. The van der Waals surface area contributed by atoms with E-state index in [1.54, 1.807) is 17.0 Å². The van der Waals surface area contributed by atoms with Crippen LogP contribution in [0.1, 0.15) is 27.9 Å². The molecule has 4 heterocycles. The van der Waals surface area contributed by atoms with Crippen molar-refractivity contribution in [2.75, 3.05) is 39.4 Å². The Morgan fingerprint density at radius 3 is 2.75 bits per heavy atom. The fourth-order valence-electron chi connectivity index (χ4n) is 4.49. The van der Waals surface area contributed by atoms with E-state index in [1.807, 2.05) is 35.7 Å². The van der Waals surface area contributed by atoms with Crippen molar-refractivity contribution in [1.29, 1.82) is 0 Å². The number of aliphatic hydroxyl groups is 1. The van der Waals surface area contributed by atoms with Crippen LogP contribution in [-0.2, 0) is 9.53 Å². The summed E-state index contributed by atoms with van der Waals surface area (Å²) in [4.78, 5) is 30.4. The molecule has 1 atom stereocenters. The minimum absolute atomic E-state index is 0.0928. The first-order chi connectivity index (χ1) is 15.6. The van der Waals surface area contributed by atoms with Gasteiger partial charge in [0.2, 0.25) is 5.78 Å². The van der Waals surface area contributed by atoms with Crippen LogP contribution in [0.15, 0.2) is 63.6 Å². The van der Waals surface area contributed by atoms with E-state index in [-0.39, 0.29) is 11.3 Å². The summed E-state index contributed by atoms with van der Waals surface area (Å²) in [6, 6.07) is 12.2. The zero-order valence-corrected chi connectivity index (χ0v) is 18.4. The number of furan rings is 1. The number of hydrogen-bond acceptors (Lipinski definition) is 6. The number of rotatable bonds is 7. The van der Waals surface area contributed by atoms with E-state index in [2.05, 4.69) is 0 Å². The van der Waals surface area contributed by atoms with Crippen molar-refractivity contribution in [2.45, 2.75) is 12.5 Å². The van der Waals surface area contributed by atoms with Crippen molar-refractivity contribution in [3.8, 4) is 0 Å². The molecule has 1 saturated heterocycles. The Balaban J connectivity index is 1.41. The minimum Gasteiger partial charge on any atom is -0.503 e. The highest BCUT2D eigenvalue weighted by atomic mass is 32.1. The van der Waals surface area contributed by atoms with Crippen LogP contribution in [0.5, 0.6) is 0 Å². The molecule has 0 radical (unpaired) electrons. The molecule has 2 aliphatic rings. The molecule has 1 amide bonds. The number of nitrogens with zero attached hydrogens (tertiary/aromatic N) is 1. The second-order valence-electron chi connectivity index (χ2n) is 8.12. The molecule has 0 bridgehead atoms.